The van der Waals surface area contributed by atoms with Crippen LogP contribution in [0.1, 0.15) is 17.6 Å². The molecule has 0 fully saturated rings. The van der Waals surface area contributed by atoms with Gasteiger partial charge in [0, 0.05) is 25.6 Å². The van der Waals surface area contributed by atoms with Crippen molar-refractivity contribution in [2.24, 2.45) is 7.05 Å². The van der Waals surface area contributed by atoms with Gasteiger partial charge in [-0.25, -0.2) is 9.97 Å². The third-order valence-corrected chi connectivity index (χ3v) is 1.84. The zero-order chi connectivity index (χ0) is 9.97. The molecule has 0 amide bonds. The largest absolute Gasteiger partial charge is 0.379 e. The smallest absolute Gasteiger partial charge is 0.163 e. The fourth-order valence-corrected chi connectivity index (χ4v) is 1.16. The maximum atomic E-state index is 9.80. The highest BCUT2D eigenvalue weighted by atomic mass is 16.3. The van der Waals surface area contributed by atoms with Gasteiger partial charge in [-0.05, 0) is 12.1 Å². The van der Waals surface area contributed by atoms with Gasteiger partial charge in [0.1, 0.15) is 0 Å². The number of hydrogen-bond donors (Lipinski definition) is 1. The SMILES string of the molecule is Cn1ccc(C(O)c2ncccn2)n1. The van der Waals surface area contributed by atoms with Gasteiger partial charge in [0.15, 0.2) is 11.9 Å². The maximum Gasteiger partial charge on any atom is 0.163 e. The third-order valence-electron chi connectivity index (χ3n) is 1.84. The fourth-order valence-electron chi connectivity index (χ4n) is 1.16. The number of aliphatic hydroxyl groups excluding tert-OH is 1. The lowest BCUT2D eigenvalue weighted by atomic mass is 10.2. The molecule has 2 aromatic heterocycles. The highest BCUT2D eigenvalue weighted by Crippen LogP contribution is 2.14. The van der Waals surface area contributed by atoms with Gasteiger partial charge >= 0.3 is 0 Å². The van der Waals surface area contributed by atoms with E-state index < -0.39 is 6.10 Å². The van der Waals surface area contributed by atoms with Crippen LogP contribution in [0.4, 0.5) is 0 Å². The van der Waals surface area contributed by atoms with Crippen LogP contribution in [0, 0.1) is 0 Å². The predicted octanol–water partition coefficient (Wildman–Crippen LogP) is 0.292. The average Bonchev–Trinajstić information content (AvgIpc) is 2.65. The molecule has 0 aromatic carbocycles. The molecule has 0 bridgehead atoms. The second-order valence-electron chi connectivity index (χ2n) is 2.92. The van der Waals surface area contributed by atoms with Crippen LogP contribution in [0.5, 0.6) is 0 Å². The first-order valence-electron chi connectivity index (χ1n) is 4.22. The van der Waals surface area contributed by atoms with Crippen molar-refractivity contribution in [1.82, 2.24) is 19.7 Å². The van der Waals surface area contributed by atoms with Gasteiger partial charge in [-0.2, -0.15) is 5.10 Å². The molecule has 1 unspecified atom stereocenters. The molecule has 2 heterocycles. The molecule has 0 aliphatic heterocycles. The number of aromatic nitrogens is 4. The van der Waals surface area contributed by atoms with E-state index in [1.807, 2.05) is 0 Å². The van der Waals surface area contributed by atoms with Gasteiger partial charge in [-0.1, -0.05) is 0 Å². The van der Waals surface area contributed by atoms with Gasteiger partial charge in [-0.15, -0.1) is 0 Å². The van der Waals surface area contributed by atoms with Crippen molar-refractivity contribution < 1.29 is 5.11 Å². The van der Waals surface area contributed by atoms with Crippen LogP contribution in [0.25, 0.3) is 0 Å². The molecule has 2 aromatic rings. The van der Waals surface area contributed by atoms with Crippen LogP contribution in [-0.4, -0.2) is 24.9 Å². The van der Waals surface area contributed by atoms with E-state index in [-0.39, 0.29) is 0 Å². The molecule has 5 heteroatoms. The van der Waals surface area contributed by atoms with Gasteiger partial charge in [0.05, 0.1) is 5.69 Å². The minimum absolute atomic E-state index is 0.367. The van der Waals surface area contributed by atoms with Crippen LogP contribution in [0.15, 0.2) is 30.7 Å². The summed E-state index contributed by atoms with van der Waals surface area (Å²) in [6, 6.07) is 3.44. The zero-order valence-electron chi connectivity index (χ0n) is 7.70. The Bertz CT molecular complexity index is 412. The summed E-state index contributed by atoms with van der Waals surface area (Å²) in [5.41, 5.74) is 0.554. The van der Waals surface area contributed by atoms with Crippen LogP contribution in [-0.2, 0) is 7.05 Å². The summed E-state index contributed by atoms with van der Waals surface area (Å²) in [6.45, 7) is 0. The Morgan fingerprint density at radius 1 is 1.36 bits per heavy atom. The van der Waals surface area contributed by atoms with E-state index in [1.54, 1.807) is 42.5 Å². The molecule has 1 atom stereocenters. The Hall–Kier alpha value is -1.75. The second kappa shape index (κ2) is 3.55. The summed E-state index contributed by atoms with van der Waals surface area (Å²) < 4.78 is 1.63. The predicted molar refractivity (Wildman–Crippen MR) is 49.3 cm³/mol. The molecule has 0 radical (unpaired) electrons. The van der Waals surface area contributed by atoms with E-state index in [4.69, 9.17) is 0 Å². The molecule has 0 spiro atoms. The summed E-state index contributed by atoms with van der Waals surface area (Å²) in [6.07, 6.45) is 4.10. The van der Waals surface area contributed by atoms with Gasteiger partial charge < -0.3 is 5.11 Å². The van der Waals surface area contributed by atoms with Gasteiger partial charge in [-0.3, -0.25) is 4.68 Å². The van der Waals surface area contributed by atoms with Crippen molar-refractivity contribution in [1.29, 1.82) is 0 Å². The topological polar surface area (TPSA) is 63.8 Å². The molecule has 0 saturated carbocycles. The highest BCUT2D eigenvalue weighted by molar-refractivity contribution is 5.11. The number of nitrogens with zero attached hydrogens (tertiary/aromatic N) is 4. The lowest BCUT2D eigenvalue weighted by Gasteiger charge is -2.04. The second-order valence-corrected chi connectivity index (χ2v) is 2.92. The first kappa shape index (κ1) is 8.83. The minimum atomic E-state index is -0.850. The standard InChI is InChI=1S/C9H10N4O/c1-13-6-3-7(12-13)8(14)9-10-4-2-5-11-9/h2-6,8,14H,1H3. The van der Waals surface area contributed by atoms with Gasteiger partial charge in [0.25, 0.3) is 0 Å². The summed E-state index contributed by atoms with van der Waals surface area (Å²) in [5.74, 6) is 0.367. The number of rotatable bonds is 2. The lowest BCUT2D eigenvalue weighted by Crippen LogP contribution is -2.05. The molecule has 0 aliphatic rings. The van der Waals surface area contributed by atoms with E-state index in [0.717, 1.165) is 0 Å². The Morgan fingerprint density at radius 3 is 2.64 bits per heavy atom. The van der Waals surface area contributed by atoms with Crippen molar-refractivity contribution in [3.8, 4) is 0 Å². The summed E-state index contributed by atoms with van der Waals surface area (Å²) in [4.78, 5) is 7.91. The number of aryl methyl sites for hydroxylation is 1. The Balaban J connectivity index is 2.29. The van der Waals surface area contributed by atoms with E-state index in [1.165, 1.54) is 0 Å². The Labute approximate surface area is 81.1 Å². The van der Waals surface area contributed by atoms with E-state index >= 15 is 0 Å². The first-order valence-corrected chi connectivity index (χ1v) is 4.22. The number of aliphatic hydroxyl groups is 1. The van der Waals surface area contributed by atoms with Crippen LogP contribution >= 0.6 is 0 Å². The van der Waals surface area contributed by atoms with E-state index in [0.29, 0.717) is 11.5 Å². The van der Waals surface area contributed by atoms with Crippen LogP contribution in [0.3, 0.4) is 0 Å². The number of hydrogen-bond acceptors (Lipinski definition) is 4. The zero-order valence-corrected chi connectivity index (χ0v) is 7.70. The van der Waals surface area contributed by atoms with Gasteiger partial charge in [0.2, 0.25) is 0 Å². The van der Waals surface area contributed by atoms with Crippen molar-refractivity contribution in [2.75, 3.05) is 0 Å². The Morgan fingerprint density at radius 2 is 2.07 bits per heavy atom. The quantitative estimate of drug-likeness (QED) is 0.739. The molecular weight excluding hydrogens is 180 g/mol. The van der Waals surface area contributed by atoms with Crippen molar-refractivity contribution in [3.05, 3.63) is 42.2 Å². The molecule has 5 nitrogen and oxygen atoms in total. The van der Waals surface area contributed by atoms with E-state index in [9.17, 15) is 5.11 Å². The summed E-state index contributed by atoms with van der Waals surface area (Å²) >= 11 is 0. The van der Waals surface area contributed by atoms with E-state index in [2.05, 4.69) is 15.1 Å². The molecule has 1 N–H and O–H groups in total. The fraction of sp³-hybridized carbons (Fsp3) is 0.222. The molecule has 2 rings (SSSR count). The molecule has 14 heavy (non-hydrogen) atoms. The molecule has 0 aliphatic carbocycles. The average molecular weight is 190 g/mol. The first-order chi connectivity index (χ1) is 6.77. The highest BCUT2D eigenvalue weighted by Gasteiger charge is 2.14. The Kier molecular flexibility index (Phi) is 2.24. The summed E-state index contributed by atoms with van der Waals surface area (Å²) in [5, 5.41) is 13.9. The monoisotopic (exact) mass is 190 g/mol. The van der Waals surface area contributed by atoms with Crippen LogP contribution < -0.4 is 0 Å². The summed E-state index contributed by atoms with van der Waals surface area (Å²) in [7, 11) is 1.79. The molecular formula is C9H10N4O. The minimum Gasteiger partial charge on any atom is -0.379 e. The van der Waals surface area contributed by atoms with Crippen LogP contribution in [0.2, 0.25) is 0 Å². The molecule has 0 saturated heterocycles. The molecule has 72 valence electrons. The third kappa shape index (κ3) is 1.62. The van der Waals surface area contributed by atoms with Crippen molar-refractivity contribution in [3.63, 3.8) is 0 Å². The normalized spacial score (nSPS) is 12.7. The maximum absolute atomic E-state index is 9.80. The van der Waals surface area contributed by atoms with Crippen molar-refractivity contribution >= 4 is 0 Å². The lowest BCUT2D eigenvalue weighted by molar-refractivity contribution is 0.204. The van der Waals surface area contributed by atoms with Crippen molar-refractivity contribution in [2.45, 2.75) is 6.10 Å².